The molecule has 1 aliphatic carbocycles. The first-order chi connectivity index (χ1) is 8.49. The van der Waals surface area contributed by atoms with E-state index in [0.717, 1.165) is 18.8 Å². The number of hydrogen-bond acceptors (Lipinski definition) is 3. The van der Waals surface area contributed by atoms with Crippen molar-refractivity contribution in [1.82, 2.24) is 4.72 Å². The van der Waals surface area contributed by atoms with E-state index in [1.807, 2.05) is 0 Å². The molecule has 0 unspecified atom stereocenters. The van der Waals surface area contributed by atoms with Crippen molar-refractivity contribution in [3.05, 3.63) is 22.7 Å². The first-order valence-corrected chi connectivity index (χ1v) is 8.31. The molecule has 3 N–H and O–H groups in total. The molecule has 0 spiro atoms. The van der Waals surface area contributed by atoms with E-state index in [-0.39, 0.29) is 4.90 Å². The van der Waals surface area contributed by atoms with Crippen LogP contribution < -0.4 is 10.5 Å². The van der Waals surface area contributed by atoms with Crippen LogP contribution >= 0.6 is 15.9 Å². The number of halogens is 1. The van der Waals surface area contributed by atoms with Gasteiger partial charge in [-0.1, -0.05) is 12.8 Å². The van der Waals surface area contributed by atoms with Crippen molar-refractivity contribution >= 4 is 31.6 Å². The Kier molecular flexibility index (Phi) is 4.29. The Labute approximate surface area is 116 Å². The average molecular weight is 333 g/mol. The highest BCUT2D eigenvalue weighted by Gasteiger charge is 2.21. The van der Waals surface area contributed by atoms with Crippen LogP contribution in [0.4, 0.5) is 5.69 Å². The molecule has 1 saturated carbocycles. The van der Waals surface area contributed by atoms with Gasteiger partial charge in [0.25, 0.3) is 0 Å². The van der Waals surface area contributed by atoms with Crippen molar-refractivity contribution < 1.29 is 8.42 Å². The lowest BCUT2D eigenvalue weighted by Gasteiger charge is -2.08. The maximum Gasteiger partial charge on any atom is 0.241 e. The maximum atomic E-state index is 12.0. The van der Waals surface area contributed by atoms with Gasteiger partial charge in [0.15, 0.2) is 0 Å². The number of nitrogens with one attached hydrogen (secondary N) is 1. The van der Waals surface area contributed by atoms with Gasteiger partial charge in [-0.3, -0.25) is 0 Å². The molecule has 0 bridgehead atoms. The smallest absolute Gasteiger partial charge is 0.241 e. The van der Waals surface area contributed by atoms with Gasteiger partial charge in [0.05, 0.1) is 4.90 Å². The molecule has 1 aromatic rings. The van der Waals surface area contributed by atoms with Crippen LogP contribution in [0.2, 0.25) is 0 Å². The highest BCUT2D eigenvalue weighted by Crippen LogP contribution is 2.33. The molecule has 0 aliphatic heterocycles. The Morgan fingerprint density at radius 1 is 1.39 bits per heavy atom. The summed E-state index contributed by atoms with van der Waals surface area (Å²) in [6, 6.07) is 4.70. The number of nitrogens with two attached hydrogens (primary N) is 1. The Morgan fingerprint density at radius 2 is 2.11 bits per heavy atom. The molecular formula is C12H17BrN2O2S. The lowest BCUT2D eigenvalue weighted by molar-refractivity contribution is 0.572. The highest BCUT2D eigenvalue weighted by atomic mass is 79.9. The Balaban J connectivity index is 1.95. The van der Waals surface area contributed by atoms with Crippen LogP contribution in [-0.4, -0.2) is 15.0 Å². The minimum atomic E-state index is -3.44. The van der Waals surface area contributed by atoms with Crippen LogP contribution in [0.3, 0.4) is 0 Å². The minimum absolute atomic E-state index is 0.239. The summed E-state index contributed by atoms with van der Waals surface area (Å²) in [6.45, 7) is 0.496. The fourth-order valence-electron chi connectivity index (χ4n) is 1.82. The fourth-order valence-corrected chi connectivity index (χ4v) is 3.98. The second-order valence-corrected chi connectivity index (χ2v) is 7.26. The summed E-state index contributed by atoms with van der Waals surface area (Å²) < 4.78 is 27.2. The quantitative estimate of drug-likeness (QED) is 0.621. The molecule has 1 fully saturated rings. The summed E-state index contributed by atoms with van der Waals surface area (Å²) in [5, 5.41) is 0. The van der Waals surface area contributed by atoms with E-state index >= 15 is 0 Å². The molecule has 100 valence electrons. The van der Waals surface area contributed by atoms with Crippen molar-refractivity contribution in [2.75, 3.05) is 12.3 Å². The number of rotatable bonds is 6. The van der Waals surface area contributed by atoms with Crippen molar-refractivity contribution in [2.24, 2.45) is 5.92 Å². The second-order valence-electron chi connectivity index (χ2n) is 4.67. The van der Waals surface area contributed by atoms with E-state index in [1.54, 1.807) is 12.1 Å². The number of nitrogen functional groups attached to an aromatic ring is 1. The molecule has 1 aliphatic rings. The predicted molar refractivity (Wildman–Crippen MR) is 75.7 cm³/mol. The van der Waals surface area contributed by atoms with Gasteiger partial charge in [0.1, 0.15) is 0 Å². The van der Waals surface area contributed by atoms with Gasteiger partial charge in [-0.2, -0.15) is 0 Å². The first-order valence-electron chi connectivity index (χ1n) is 6.04. The molecule has 1 aromatic carbocycles. The highest BCUT2D eigenvalue weighted by molar-refractivity contribution is 9.10. The Hall–Kier alpha value is -0.590. The molecule has 0 radical (unpaired) electrons. The average Bonchev–Trinajstić information content (AvgIpc) is 3.07. The standard InChI is InChI=1S/C12H17BrN2O2S/c13-11-8-10(14)5-6-12(11)18(16,17)15-7-1-2-9-3-4-9/h5-6,8-9,15H,1-4,7,14H2. The SMILES string of the molecule is Nc1ccc(S(=O)(=O)NCCCC2CC2)c(Br)c1. The summed E-state index contributed by atoms with van der Waals surface area (Å²) >= 11 is 3.23. The number of sulfonamides is 1. The lowest BCUT2D eigenvalue weighted by atomic mass is 10.2. The van der Waals surface area contributed by atoms with Crippen LogP contribution in [0, 0.1) is 5.92 Å². The zero-order valence-corrected chi connectivity index (χ0v) is 12.4. The van der Waals surface area contributed by atoms with Crippen molar-refractivity contribution in [2.45, 2.75) is 30.6 Å². The Bertz CT molecular complexity index is 527. The van der Waals surface area contributed by atoms with E-state index in [2.05, 4.69) is 20.7 Å². The second kappa shape index (κ2) is 5.59. The van der Waals surface area contributed by atoms with Crippen LogP contribution in [0.25, 0.3) is 0 Å². The molecule has 0 atom stereocenters. The van der Waals surface area contributed by atoms with Gasteiger partial charge in [0.2, 0.25) is 10.0 Å². The van der Waals surface area contributed by atoms with E-state index in [4.69, 9.17) is 5.73 Å². The molecular weight excluding hydrogens is 316 g/mol. The zero-order chi connectivity index (χ0) is 13.2. The fraction of sp³-hybridized carbons (Fsp3) is 0.500. The van der Waals surface area contributed by atoms with Crippen LogP contribution in [0.15, 0.2) is 27.6 Å². The van der Waals surface area contributed by atoms with Gasteiger partial charge in [-0.15, -0.1) is 0 Å². The van der Waals surface area contributed by atoms with E-state index in [9.17, 15) is 8.42 Å². The molecule has 0 saturated heterocycles. The first kappa shape index (κ1) is 13.8. The molecule has 0 heterocycles. The summed E-state index contributed by atoms with van der Waals surface area (Å²) in [7, 11) is -3.44. The zero-order valence-electron chi connectivity index (χ0n) is 10.0. The minimum Gasteiger partial charge on any atom is -0.399 e. The topological polar surface area (TPSA) is 72.2 Å². The Morgan fingerprint density at radius 3 is 2.72 bits per heavy atom. The number of benzene rings is 1. The van der Waals surface area contributed by atoms with Crippen molar-refractivity contribution in [1.29, 1.82) is 0 Å². The van der Waals surface area contributed by atoms with Gasteiger partial charge in [-0.25, -0.2) is 13.1 Å². The molecule has 6 heteroatoms. The maximum absolute atomic E-state index is 12.0. The summed E-state index contributed by atoms with van der Waals surface area (Å²) in [5.41, 5.74) is 6.12. The van der Waals surface area contributed by atoms with Gasteiger partial charge in [0, 0.05) is 16.7 Å². The summed E-state index contributed by atoms with van der Waals surface area (Å²) in [4.78, 5) is 0.239. The van der Waals surface area contributed by atoms with Crippen LogP contribution in [0.1, 0.15) is 25.7 Å². The van der Waals surface area contributed by atoms with E-state index in [1.165, 1.54) is 18.9 Å². The summed E-state index contributed by atoms with van der Waals surface area (Å²) in [6.07, 6.45) is 4.62. The van der Waals surface area contributed by atoms with Crippen LogP contribution in [0.5, 0.6) is 0 Å². The van der Waals surface area contributed by atoms with E-state index in [0.29, 0.717) is 16.7 Å². The molecule has 2 rings (SSSR count). The third-order valence-corrected chi connectivity index (χ3v) is 5.46. The molecule has 4 nitrogen and oxygen atoms in total. The molecule has 18 heavy (non-hydrogen) atoms. The summed E-state index contributed by atoms with van der Waals surface area (Å²) in [5.74, 6) is 0.831. The van der Waals surface area contributed by atoms with Gasteiger partial charge < -0.3 is 5.73 Å². The van der Waals surface area contributed by atoms with Crippen molar-refractivity contribution in [3.8, 4) is 0 Å². The molecule has 0 amide bonds. The largest absolute Gasteiger partial charge is 0.399 e. The third kappa shape index (κ3) is 3.70. The van der Waals surface area contributed by atoms with Crippen LogP contribution in [-0.2, 0) is 10.0 Å². The van der Waals surface area contributed by atoms with Gasteiger partial charge >= 0.3 is 0 Å². The van der Waals surface area contributed by atoms with Crippen molar-refractivity contribution in [3.63, 3.8) is 0 Å². The number of hydrogen-bond donors (Lipinski definition) is 2. The normalized spacial score (nSPS) is 15.8. The predicted octanol–water partition coefficient (Wildman–Crippen LogP) is 2.50. The monoisotopic (exact) mass is 332 g/mol. The van der Waals surface area contributed by atoms with E-state index < -0.39 is 10.0 Å². The lowest BCUT2D eigenvalue weighted by Crippen LogP contribution is -2.25. The van der Waals surface area contributed by atoms with Gasteiger partial charge in [-0.05, 0) is 52.9 Å². The molecule has 0 aromatic heterocycles. The third-order valence-electron chi connectivity index (χ3n) is 3.02. The number of anilines is 1.